The molecule has 1 atom stereocenters. The lowest BCUT2D eigenvalue weighted by molar-refractivity contribution is -0.141. The van der Waals surface area contributed by atoms with Crippen LogP contribution in [0, 0.1) is 11.6 Å². The van der Waals surface area contributed by atoms with Crippen molar-refractivity contribution in [1.29, 1.82) is 0 Å². The Balaban J connectivity index is 2.54. The molecule has 0 bridgehead atoms. The summed E-state index contributed by atoms with van der Waals surface area (Å²) >= 11 is 0. The van der Waals surface area contributed by atoms with Gasteiger partial charge < -0.3 is 20.5 Å². The number of anilines is 1. The van der Waals surface area contributed by atoms with E-state index in [0.717, 1.165) is 12.1 Å². The molecule has 0 aromatic heterocycles. The van der Waals surface area contributed by atoms with Crippen molar-refractivity contribution < 1.29 is 28.2 Å². The van der Waals surface area contributed by atoms with Gasteiger partial charge in [0.15, 0.2) is 0 Å². The van der Waals surface area contributed by atoms with E-state index in [2.05, 4.69) is 10.6 Å². The molecule has 0 saturated heterocycles. The van der Waals surface area contributed by atoms with Crippen LogP contribution < -0.4 is 10.6 Å². The summed E-state index contributed by atoms with van der Waals surface area (Å²) in [7, 11) is 1.53. The van der Waals surface area contributed by atoms with Crippen LogP contribution >= 0.6 is 0 Å². The van der Waals surface area contributed by atoms with Gasteiger partial charge in [0.1, 0.15) is 17.7 Å². The predicted molar refractivity (Wildman–Crippen MR) is 75.5 cm³/mol. The Labute approximate surface area is 126 Å². The first-order valence-electron chi connectivity index (χ1n) is 6.64. The number of rotatable bonds is 9. The zero-order valence-electron chi connectivity index (χ0n) is 12.1. The summed E-state index contributed by atoms with van der Waals surface area (Å²) in [5.74, 6) is -3.56. The van der Waals surface area contributed by atoms with Gasteiger partial charge in [0.05, 0.1) is 12.1 Å². The van der Waals surface area contributed by atoms with Crippen LogP contribution in [0.5, 0.6) is 0 Å². The topological polar surface area (TPSA) is 87.7 Å². The highest BCUT2D eigenvalue weighted by Gasteiger charge is 2.21. The maximum Gasteiger partial charge on any atom is 0.321 e. The number of carboxylic acids is 1. The monoisotopic (exact) mass is 316 g/mol. The average Bonchev–Trinajstić information content (AvgIpc) is 2.45. The second kappa shape index (κ2) is 9.06. The predicted octanol–water partition coefficient (Wildman–Crippen LogP) is 1.37. The van der Waals surface area contributed by atoms with Crippen LogP contribution in [0.4, 0.5) is 14.5 Å². The lowest BCUT2D eigenvalue weighted by Crippen LogP contribution is -2.40. The van der Waals surface area contributed by atoms with Crippen LogP contribution in [0.2, 0.25) is 0 Å². The first kappa shape index (κ1) is 18.0. The molecule has 8 heteroatoms. The van der Waals surface area contributed by atoms with E-state index in [9.17, 15) is 18.4 Å². The third-order valence-corrected chi connectivity index (χ3v) is 2.81. The molecule has 0 aliphatic rings. The molecule has 6 nitrogen and oxygen atoms in total. The maximum atomic E-state index is 13.4. The van der Waals surface area contributed by atoms with Crippen LogP contribution in [-0.2, 0) is 14.3 Å². The van der Waals surface area contributed by atoms with Gasteiger partial charge in [-0.3, -0.25) is 9.59 Å². The van der Waals surface area contributed by atoms with Crippen molar-refractivity contribution in [2.24, 2.45) is 0 Å². The molecule has 0 spiro atoms. The summed E-state index contributed by atoms with van der Waals surface area (Å²) in [6, 6.07) is 1.61. The lowest BCUT2D eigenvalue weighted by atomic mass is 10.2. The number of amides is 1. The Kier molecular flexibility index (Phi) is 7.41. The van der Waals surface area contributed by atoms with E-state index in [0.29, 0.717) is 25.6 Å². The van der Waals surface area contributed by atoms with Crippen molar-refractivity contribution in [2.45, 2.75) is 18.9 Å². The smallest absolute Gasteiger partial charge is 0.321 e. The van der Waals surface area contributed by atoms with E-state index in [-0.39, 0.29) is 12.1 Å². The van der Waals surface area contributed by atoms with Crippen LogP contribution in [0.25, 0.3) is 0 Å². The Morgan fingerprint density at radius 3 is 2.68 bits per heavy atom. The van der Waals surface area contributed by atoms with E-state index in [1.165, 1.54) is 7.11 Å². The van der Waals surface area contributed by atoms with Crippen molar-refractivity contribution in [2.75, 3.05) is 25.6 Å². The van der Waals surface area contributed by atoms with Crippen molar-refractivity contribution in [3.05, 3.63) is 29.8 Å². The van der Waals surface area contributed by atoms with Crippen molar-refractivity contribution in [1.82, 2.24) is 5.32 Å². The van der Waals surface area contributed by atoms with Crippen molar-refractivity contribution >= 4 is 17.6 Å². The molecule has 1 aromatic rings. The summed E-state index contributed by atoms with van der Waals surface area (Å²) in [6.07, 6.45) is 0.216. The number of halogens is 2. The van der Waals surface area contributed by atoms with Gasteiger partial charge >= 0.3 is 5.97 Å². The Hall–Kier alpha value is -2.06. The first-order chi connectivity index (χ1) is 10.4. The molecule has 122 valence electrons. The average molecular weight is 316 g/mol. The van der Waals surface area contributed by atoms with E-state index < -0.39 is 29.6 Å². The molecule has 1 amide bonds. The van der Waals surface area contributed by atoms with Gasteiger partial charge in [-0.1, -0.05) is 0 Å². The second-order valence-corrected chi connectivity index (χ2v) is 4.57. The molecule has 0 fully saturated rings. The minimum absolute atomic E-state index is 0.199. The number of nitrogens with one attached hydrogen (secondary N) is 2. The molecule has 0 aliphatic carbocycles. The number of aliphatic carboxylic acids is 1. The summed E-state index contributed by atoms with van der Waals surface area (Å²) in [4.78, 5) is 22.8. The van der Waals surface area contributed by atoms with Crippen LogP contribution in [-0.4, -0.2) is 43.3 Å². The standard InChI is InChI=1S/C14H18F2N2O4/c1-22-6-2-5-17-12(14(20)21)8-13(19)18-11-4-3-9(15)7-10(11)16/h3-4,7,12,17H,2,5-6,8H2,1H3,(H,18,19)(H,20,21). The fraction of sp³-hybridized carbons (Fsp3) is 0.429. The summed E-state index contributed by atoms with van der Waals surface area (Å²) in [5, 5.41) is 14.0. The van der Waals surface area contributed by atoms with E-state index in [1.807, 2.05) is 0 Å². The lowest BCUT2D eigenvalue weighted by Gasteiger charge is -2.14. The second-order valence-electron chi connectivity index (χ2n) is 4.57. The molecule has 0 saturated carbocycles. The van der Waals surface area contributed by atoms with E-state index in [4.69, 9.17) is 9.84 Å². The molecule has 0 radical (unpaired) electrons. The third-order valence-electron chi connectivity index (χ3n) is 2.81. The molecular weight excluding hydrogens is 298 g/mol. The molecule has 1 rings (SSSR count). The zero-order valence-corrected chi connectivity index (χ0v) is 12.1. The summed E-state index contributed by atoms with van der Waals surface area (Å²) in [6.45, 7) is 0.829. The van der Waals surface area contributed by atoms with Crippen LogP contribution in [0.1, 0.15) is 12.8 Å². The molecule has 0 heterocycles. The molecule has 1 unspecified atom stereocenters. The van der Waals surface area contributed by atoms with Crippen molar-refractivity contribution in [3.63, 3.8) is 0 Å². The third kappa shape index (κ3) is 6.15. The fourth-order valence-corrected chi connectivity index (χ4v) is 1.72. The number of carboxylic acid groups (broad SMARTS) is 1. The van der Waals surface area contributed by atoms with Crippen molar-refractivity contribution in [3.8, 4) is 0 Å². The van der Waals surface area contributed by atoms with Gasteiger partial charge in [0, 0.05) is 19.8 Å². The first-order valence-corrected chi connectivity index (χ1v) is 6.64. The van der Waals surface area contributed by atoms with Gasteiger partial charge in [-0.25, -0.2) is 8.78 Å². The number of carbonyl (C=O) groups excluding carboxylic acids is 1. The molecular formula is C14H18F2N2O4. The SMILES string of the molecule is COCCCNC(CC(=O)Nc1ccc(F)cc1F)C(=O)O. The van der Waals surface area contributed by atoms with Crippen LogP contribution in [0.3, 0.4) is 0 Å². The molecule has 0 aliphatic heterocycles. The Morgan fingerprint density at radius 2 is 2.09 bits per heavy atom. The number of carbonyl (C=O) groups is 2. The molecule has 3 N–H and O–H groups in total. The maximum absolute atomic E-state index is 13.4. The highest BCUT2D eigenvalue weighted by molar-refractivity contribution is 5.94. The quantitative estimate of drug-likeness (QED) is 0.599. The summed E-state index contributed by atoms with van der Waals surface area (Å²) < 4.78 is 31.0. The van der Waals surface area contributed by atoms with Gasteiger partial charge in [0.2, 0.25) is 5.91 Å². The normalized spacial score (nSPS) is 12.0. The molecule has 22 heavy (non-hydrogen) atoms. The number of hydrogen-bond donors (Lipinski definition) is 3. The number of hydrogen-bond acceptors (Lipinski definition) is 4. The fourth-order valence-electron chi connectivity index (χ4n) is 1.72. The van der Waals surface area contributed by atoms with Gasteiger partial charge in [0.25, 0.3) is 0 Å². The highest BCUT2D eigenvalue weighted by atomic mass is 19.1. The van der Waals surface area contributed by atoms with Gasteiger partial charge in [-0.2, -0.15) is 0 Å². The summed E-state index contributed by atoms with van der Waals surface area (Å²) in [5.41, 5.74) is -0.199. The van der Waals surface area contributed by atoms with Gasteiger partial charge in [-0.15, -0.1) is 0 Å². The van der Waals surface area contributed by atoms with Gasteiger partial charge in [-0.05, 0) is 25.1 Å². The number of ether oxygens (including phenoxy) is 1. The van der Waals surface area contributed by atoms with Crippen LogP contribution in [0.15, 0.2) is 18.2 Å². The van der Waals surface area contributed by atoms with E-state index in [1.54, 1.807) is 0 Å². The zero-order chi connectivity index (χ0) is 16.5. The Bertz CT molecular complexity index is 526. The molecule has 1 aromatic carbocycles. The largest absolute Gasteiger partial charge is 0.480 e. The number of benzene rings is 1. The minimum atomic E-state index is -1.19. The highest BCUT2D eigenvalue weighted by Crippen LogP contribution is 2.15. The number of methoxy groups -OCH3 is 1. The van der Waals surface area contributed by atoms with E-state index >= 15 is 0 Å². The minimum Gasteiger partial charge on any atom is -0.480 e. The Morgan fingerprint density at radius 1 is 1.36 bits per heavy atom.